The van der Waals surface area contributed by atoms with Crippen LogP contribution in [-0.4, -0.2) is 14.2 Å². The first-order valence-electron chi connectivity index (χ1n) is 5.97. The zero-order valence-corrected chi connectivity index (χ0v) is 11.0. The second-order valence-corrected chi connectivity index (χ2v) is 3.92. The average molecular weight is 256 g/mol. The molecule has 2 rings (SSSR count). The second kappa shape index (κ2) is 6.54. The molecule has 0 aliphatic rings. The average Bonchev–Trinajstić information content (AvgIpc) is 2.48. The van der Waals surface area contributed by atoms with Gasteiger partial charge in [-0.25, -0.2) is 0 Å². The second-order valence-electron chi connectivity index (χ2n) is 3.92. The van der Waals surface area contributed by atoms with E-state index >= 15 is 0 Å². The van der Waals surface area contributed by atoms with Gasteiger partial charge in [-0.2, -0.15) is 10.2 Å². The Morgan fingerprint density at radius 1 is 0.895 bits per heavy atom. The third-order valence-corrected chi connectivity index (χ3v) is 2.64. The minimum Gasteiger partial charge on any atom is -0.493 e. The van der Waals surface area contributed by atoms with Crippen LogP contribution in [-0.2, 0) is 6.54 Å². The Kier molecular flexibility index (Phi) is 4.50. The summed E-state index contributed by atoms with van der Waals surface area (Å²) in [5.41, 5.74) is 1.88. The zero-order valence-electron chi connectivity index (χ0n) is 11.0. The molecule has 0 saturated heterocycles. The van der Waals surface area contributed by atoms with Crippen LogP contribution < -0.4 is 9.47 Å². The summed E-state index contributed by atoms with van der Waals surface area (Å²) in [6.07, 6.45) is 0. The third kappa shape index (κ3) is 3.55. The lowest BCUT2D eigenvalue weighted by atomic mass is 10.2. The zero-order chi connectivity index (χ0) is 13.5. The van der Waals surface area contributed by atoms with Crippen LogP contribution >= 0.6 is 0 Å². The van der Waals surface area contributed by atoms with Gasteiger partial charge >= 0.3 is 0 Å². The van der Waals surface area contributed by atoms with Crippen molar-refractivity contribution >= 4 is 5.69 Å². The molecule has 19 heavy (non-hydrogen) atoms. The van der Waals surface area contributed by atoms with E-state index in [0.717, 1.165) is 11.3 Å². The Bertz CT molecular complexity index is 553. The van der Waals surface area contributed by atoms with Crippen molar-refractivity contribution in [3.05, 3.63) is 54.1 Å². The summed E-state index contributed by atoms with van der Waals surface area (Å²) in [7, 11) is 3.24. The smallest absolute Gasteiger partial charge is 0.161 e. The minimum atomic E-state index is 0.509. The van der Waals surface area contributed by atoms with Gasteiger partial charge in [0.05, 0.1) is 26.5 Å². The molecule has 0 aromatic heterocycles. The van der Waals surface area contributed by atoms with Crippen molar-refractivity contribution in [2.45, 2.75) is 6.54 Å². The van der Waals surface area contributed by atoms with Crippen molar-refractivity contribution in [3.8, 4) is 11.5 Å². The van der Waals surface area contributed by atoms with Gasteiger partial charge in [-0.05, 0) is 29.8 Å². The summed E-state index contributed by atoms with van der Waals surface area (Å²) in [6.45, 7) is 0.509. The van der Waals surface area contributed by atoms with Crippen LogP contribution in [0, 0.1) is 0 Å². The van der Waals surface area contributed by atoms with E-state index in [0.29, 0.717) is 18.0 Å². The van der Waals surface area contributed by atoms with Gasteiger partial charge in [0.2, 0.25) is 0 Å². The van der Waals surface area contributed by atoms with E-state index < -0.39 is 0 Å². The quantitative estimate of drug-likeness (QED) is 0.759. The molecule has 0 amide bonds. The molecule has 4 heteroatoms. The SMILES string of the molecule is COc1ccc(CN=Nc2ccccc2)cc1OC. The summed E-state index contributed by atoms with van der Waals surface area (Å²) < 4.78 is 10.4. The molecule has 0 fully saturated rings. The van der Waals surface area contributed by atoms with Crippen molar-refractivity contribution in [2.24, 2.45) is 10.2 Å². The Morgan fingerprint density at radius 2 is 1.63 bits per heavy atom. The number of hydrogen-bond acceptors (Lipinski definition) is 4. The van der Waals surface area contributed by atoms with Crippen molar-refractivity contribution < 1.29 is 9.47 Å². The Morgan fingerprint density at radius 3 is 2.32 bits per heavy atom. The molecule has 0 saturated carbocycles. The fourth-order valence-electron chi connectivity index (χ4n) is 1.67. The van der Waals surface area contributed by atoms with Gasteiger partial charge in [0, 0.05) is 0 Å². The molecule has 0 aliphatic heterocycles. The van der Waals surface area contributed by atoms with E-state index in [2.05, 4.69) is 10.2 Å². The van der Waals surface area contributed by atoms with Crippen LogP contribution in [0.1, 0.15) is 5.56 Å². The molecule has 2 aromatic rings. The van der Waals surface area contributed by atoms with Crippen LogP contribution in [0.4, 0.5) is 5.69 Å². The normalized spacial score (nSPS) is 10.6. The number of ether oxygens (including phenoxy) is 2. The summed E-state index contributed by atoms with van der Waals surface area (Å²) in [5.74, 6) is 1.42. The Hall–Kier alpha value is -2.36. The molecular formula is C15H16N2O2. The molecule has 0 aliphatic carbocycles. The van der Waals surface area contributed by atoms with Crippen molar-refractivity contribution in [1.82, 2.24) is 0 Å². The maximum Gasteiger partial charge on any atom is 0.161 e. The first-order valence-corrected chi connectivity index (χ1v) is 5.97. The number of azo groups is 1. The van der Waals surface area contributed by atoms with Crippen LogP contribution in [0.25, 0.3) is 0 Å². The van der Waals surface area contributed by atoms with Crippen LogP contribution in [0.15, 0.2) is 58.8 Å². The maximum atomic E-state index is 5.24. The monoisotopic (exact) mass is 256 g/mol. The van der Waals surface area contributed by atoms with Crippen molar-refractivity contribution in [2.75, 3.05) is 14.2 Å². The lowest BCUT2D eigenvalue weighted by Gasteiger charge is -2.08. The molecule has 0 spiro atoms. The van der Waals surface area contributed by atoms with Gasteiger partial charge in [-0.3, -0.25) is 0 Å². The van der Waals surface area contributed by atoms with Crippen LogP contribution in [0.3, 0.4) is 0 Å². The number of hydrogen-bond donors (Lipinski definition) is 0. The van der Waals surface area contributed by atoms with Gasteiger partial charge in [0.25, 0.3) is 0 Å². The predicted octanol–water partition coefficient (Wildman–Crippen LogP) is 3.99. The van der Waals surface area contributed by atoms with Gasteiger partial charge in [-0.1, -0.05) is 24.3 Å². The summed E-state index contributed by atoms with van der Waals surface area (Å²) in [4.78, 5) is 0. The van der Waals surface area contributed by atoms with Crippen LogP contribution in [0.5, 0.6) is 11.5 Å². The topological polar surface area (TPSA) is 43.2 Å². The molecule has 0 heterocycles. The van der Waals surface area contributed by atoms with E-state index in [1.807, 2.05) is 48.5 Å². The van der Waals surface area contributed by atoms with Gasteiger partial charge < -0.3 is 9.47 Å². The highest BCUT2D eigenvalue weighted by atomic mass is 16.5. The Balaban J connectivity index is 2.06. The maximum absolute atomic E-state index is 5.24. The predicted molar refractivity (Wildman–Crippen MR) is 74.2 cm³/mol. The lowest BCUT2D eigenvalue weighted by molar-refractivity contribution is 0.354. The molecule has 0 bridgehead atoms. The number of benzene rings is 2. The van der Waals surface area contributed by atoms with Gasteiger partial charge in [0.1, 0.15) is 0 Å². The molecular weight excluding hydrogens is 240 g/mol. The van der Waals surface area contributed by atoms with E-state index in [-0.39, 0.29) is 0 Å². The Labute approximate surface area is 112 Å². The number of rotatable bonds is 5. The number of methoxy groups -OCH3 is 2. The lowest BCUT2D eigenvalue weighted by Crippen LogP contribution is -1.91. The third-order valence-electron chi connectivity index (χ3n) is 2.64. The molecule has 4 nitrogen and oxygen atoms in total. The van der Waals surface area contributed by atoms with E-state index in [4.69, 9.17) is 9.47 Å². The van der Waals surface area contributed by atoms with Crippen molar-refractivity contribution in [1.29, 1.82) is 0 Å². The largest absolute Gasteiger partial charge is 0.493 e. The fraction of sp³-hybridized carbons (Fsp3) is 0.200. The minimum absolute atomic E-state index is 0.509. The highest BCUT2D eigenvalue weighted by Crippen LogP contribution is 2.27. The van der Waals surface area contributed by atoms with E-state index in [1.165, 1.54) is 0 Å². The molecule has 0 N–H and O–H groups in total. The highest BCUT2D eigenvalue weighted by molar-refractivity contribution is 5.43. The fourth-order valence-corrected chi connectivity index (χ4v) is 1.67. The van der Waals surface area contributed by atoms with Crippen LogP contribution in [0.2, 0.25) is 0 Å². The van der Waals surface area contributed by atoms with Gasteiger partial charge in [0.15, 0.2) is 11.5 Å². The molecule has 0 atom stereocenters. The molecule has 0 radical (unpaired) electrons. The van der Waals surface area contributed by atoms with E-state index in [1.54, 1.807) is 14.2 Å². The summed E-state index contributed by atoms with van der Waals surface area (Å²) >= 11 is 0. The summed E-state index contributed by atoms with van der Waals surface area (Å²) in [5, 5.41) is 8.32. The highest BCUT2D eigenvalue weighted by Gasteiger charge is 2.03. The van der Waals surface area contributed by atoms with Gasteiger partial charge in [-0.15, -0.1) is 0 Å². The first kappa shape index (κ1) is 13.1. The molecule has 0 unspecified atom stereocenters. The first-order chi connectivity index (χ1) is 9.33. The molecule has 98 valence electrons. The van der Waals surface area contributed by atoms with Crippen molar-refractivity contribution in [3.63, 3.8) is 0 Å². The standard InChI is InChI=1S/C15H16N2O2/c1-18-14-9-8-12(10-15(14)19-2)11-16-17-13-6-4-3-5-7-13/h3-10H,11H2,1-2H3. The van der Waals surface area contributed by atoms with E-state index in [9.17, 15) is 0 Å². The number of nitrogens with zero attached hydrogens (tertiary/aromatic N) is 2. The summed E-state index contributed by atoms with van der Waals surface area (Å²) in [6, 6.07) is 15.4. The molecule has 2 aromatic carbocycles.